The van der Waals surface area contributed by atoms with Gasteiger partial charge in [0.25, 0.3) is 5.91 Å². The lowest BCUT2D eigenvalue weighted by atomic mass is 9.43. The van der Waals surface area contributed by atoms with E-state index in [1.807, 2.05) is 101 Å². The number of hydrogen-bond donors (Lipinski definition) is 5. The summed E-state index contributed by atoms with van der Waals surface area (Å²) in [5.41, 5.74) is 10.2. The highest BCUT2D eigenvalue weighted by molar-refractivity contribution is 7.22. The molecule has 8 aliphatic rings. The maximum Gasteiger partial charge on any atom is 0.270 e. The number of aliphatic hydroxyl groups excluding tert-OH is 1. The van der Waals surface area contributed by atoms with Gasteiger partial charge in [-0.3, -0.25) is 23.9 Å². The second kappa shape index (κ2) is 26.5. The maximum atomic E-state index is 15.3. The zero-order chi connectivity index (χ0) is 66.8. The fourth-order valence-corrected chi connectivity index (χ4v) is 19.8. The van der Waals surface area contributed by atoms with Crippen molar-refractivity contribution in [2.75, 3.05) is 49.5 Å². The number of aromatic nitrogens is 7. The Morgan fingerprint density at radius 3 is 2.41 bits per heavy atom. The topological polar surface area (TPSA) is 238 Å². The van der Waals surface area contributed by atoms with Gasteiger partial charge >= 0.3 is 0 Å². The molecule has 0 spiro atoms. The Kier molecular flexibility index (Phi) is 18.3. The molecule has 20 nitrogen and oxygen atoms in total. The molecule has 508 valence electrons. The first-order chi connectivity index (χ1) is 46.1. The SMILES string of the molecule is Cc1ncsc1-c1ccc([C@H](C)NC(=O)[C@@H]2C[C@@H](O)CN2C(=O)[C@@H](NC(=O)CC2CCC(NC(=O)c3nc(N4CCCc5c4nnc(Nc4nc6ccccc6s4)c5C)ccc3-c3cnn(CC45CC6CC(C)(C4)CC(OCCN4CCCC4)(C6)C5)c3C)CC2)C(C)(C)C)cc1. The van der Waals surface area contributed by atoms with E-state index in [0.29, 0.717) is 55.5 Å². The van der Waals surface area contributed by atoms with E-state index in [4.69, 9.17) is 30.0 Å². The molecule has 2 aromatic carbocycles. The molecule has 96 heavy (non-hydrogen) atoms. The molecule has 5 saturated carbocycles. The van der Waals surface area contributed by atoms with E-state index in [1.54, 1.807) is 22.7 Å². The van der Waals surface area contributed by atoms with E-state index in [1.165, 1.54) is 43.7 Å². The van der Waals surface area contributed by atoms with E-state index in [0.717, 1.165) is 129 Å². The lowest BCUT2D eigenvalue weighted by Gasteiger charge is -2.65. The van der Waals surface area contributed by atoms with Crippen LogP contribution in [0.15, 0.2) is 72.4 Å². The number of ether oxygens (including phenoxy) is 1. The number of nitrogens with one attached hydrogen (secondary N) is 4. The van der Waals surface area contributed by atoms with Crippen LogP contribution in [0.25, 0.3) is 31.8 Å². The first-order valence-electron chi connectivity index (χ1n) is 35.1. The Hall–Kier alpha value is -7.24. The average molecular weight is 1340 g/mol. The molecule has 5 aromatic heterocycles. The summed E-state index contributed by atoms with van der Waals surface area (Å²) < 4.78 is 10.4. The van der Waals surface area contributed by atoms with Crippen LogP contribution in [0.5, 0.6) is 0 Å². The molecular weight excluding hydrogens is 1250 g/mol. The minimum atomic E-state index is -0.949. The molecule has 22 heteroatoms. The van der Waals surface area contributed by atoms with Gasteiger partial charge in [0.2, 0.25) is 17.7 Å². The minimum absolute atomic E-state index is 0.0141. The highest BCUT2D eigenvalue weighted by atomic mass is 32.1. The molecule has 5 aliphatic carbocycles. The van der Waals surface area contributed by atoms with Crippen LogP contribution in [0.4, 0.5) is 22.6 Å². The number of amides is 4. The van der Waals surface area contributed by atoms with Crippen LogP contribution in [0.1, 0.15) is 176 Å². The number of thiazole rings is 2. The smallest absolute Gasteiger partial charge is 0.270 e. The zero-order valence-electron chi connectivity index (χ0n) is 57.0. The number of para-hydroxylation sites is 1. The lowest BCUT2D eigenvalue weighted by Crippen LogP contribution is -2.61. The summed E-state index contributed by atoms with van der Waals surface area (Å²) in [5, 5.41) is 39.6. The van der Waals surface area contributed by atoms with Crippen molar-refractivity contribution in [3.63, 3.8) is 0 Å². The number of fused-ring (bicyclic) bond motifs is 2. The van der Waals surface area contributed by atoms with Gasteiger partial charge in [-0.05, 0) is 194 Å². The Labute approximate surface area is 571 Å². The van der Waals surface area contributed by atoms with E-state index < -0.39 is 29.5 Å². The van der Waals surface area contributed by atoms with Crippen LogP contribution in [0.2, 0.25) is 0 Å². The summed E-state index contributed by atoms with van der Waals surface area (Å²) >= 11 is 3.16. The Bertz CT molecular complexity index is 4020. The minimum Gasteiger partial charge on any atom is -0.391 e. The zero-order valence-corrected chi connectivity index (χ0v) is 58.6. The van der Waals surface area contributed by atoms with Crippen molar-refractivity contribution in [3.05, 3.63) is 106 Å². The van der Waals surface area contributed by atoms with Crippen molar-refractivity contribution in [2.45, 2.75) is 201 Å². The molecule has 4 unspecified atom stereocenters. The number of aryl methyl sites for hydroxylation is 1. The summed E-state index contributed by atoms with van der Waals surface area (Å²) in [5.74, 6) is 1.38. The molecule has 8 heterocycles. The van der Waals surface area contributed by atoms with Gasteiger partial charge < -0.3 is 45.8 Å². The van der Waals surface area contributed by atoms with Crippen molar-refractivity contribution in [2.24, 2.45) is 28.1 Å². The number of benzene rings is 2. The predicted octanol–water partition coefficient (Wildman–Crippen LogP) is 12.1. The summed E-state index contributed by atoms with van der Waals surface area (Å²) in [6.07, 6.45) is 15.2. The molecule has 4 amide bonds. The first kappa shape index (κ1) is 66.0. The van der Waals surface area contributed by atoms with Crippen LogP contribution < -0.4 is 26.2 Å². The predicted molar refractivity (Wildman–Crippen MR) is 375 cm³/mol. The monoisotopic (exact) mass is 1340 g/mol. The molecule has 7 aromatic rings. The second-order valence-electron chi connectivity index (χ2n) is 30.9. The fourth-order valence-electron chi connectivity index (χ4n) is 18.2. The van der Waals surface area contributed by atoms with Gasteiger partial charge in [-0.15, -0.1) is 21.5 Å². The van der Waals surface area contributed by atoms with Crippen LogP contribution >= 0.6 is 22.7 Å². The number of pyridine rings is 1. The summed E-state index contributed by atoms with van der Waals surface area (Å²) in [6, 6.07) is 17.8. The number of carbonyl (C=O) groups is 4. The number of nitrogens with zero attached hydrogens (tertiary/aromatic N) is 10. The number of aliphatic hydroxyl groups is 1. The number of likely N-dealkylation sites (tertiary alicyclic amines) is 2. The van der Waals surface area contributed by atoms with Gasteiger partial charge in [-0.2, -0.15) is 5.10 Å². The number of carbonyl (C=O) groups excluding carboxylic acids is 4. The third kappa shape index (κ3) is 13.6. The van der Waals surface area contributed by atoms with Crippen molar-refractivity contribution < 1.29 is 29.0 Å². The number of rotatable bonds is 20. The van der Waals surface area contributed by atoms with E-state index in [2.05, 4.69) is 67.6 Å². The standard InChI is InChI=1S/C74H94N14O6S2/c1-44-54-14-13-29-86(66(54)84-83-65(44)82-70-79-57-15-9-10-16-59(57)96-70)60-26-25-55(56-37-76-88(47(56)4)42-73-35-49-34-72(8,39-73)40-74(36-49,41-73)94-31-30-85-27-11-12-28-85)62(80-60)68(92)78-52-23-17-48(18-24-52)32-61(90)81-64(71(5,6)7)69(93)87-38-53(89)33-58(87)67(91)77-45(2)50-19-21-51(22-20-50)63-46(3)75-43-95-63/h9-10,15-16,19-22,25-26,37,43,45,48-49,52-53,58,64,89H,11-14,17-18,23-24,27-36,38-42H2,1-8H3,(H,77,91)(H,78,92)(H,81,90)(H,79,82,83)/t45-,48?,49?,52?,53+,58-,64+,72?,73?,74?/m0/s1. The van der Waals surface area contributed by atoms with Gasteiger partial charge in [0.15, 0.2) is 16.8 Å². The molecule has 3 aliphatic heterocycles. The Morgan fingerprint density at radius 1 is 0.865 bits per heavy atom. The van der Waals surface area contributed by atoms with E-state index in [9.17, 15) is 19.5 Å². The summed E-state index contributed by atoms with van der Waals surface area (Å²) in [7, 11) is 0. The number of anilines is 4. The van der Waals surface area contributed by atoms with Crippen LogP contribution in [-0.4, -0.2) is 143 Å². The van der Waals surface area contributed by atoms with E-state index in [-0.39, 0.29) is 71.5 Å². The molecule has 4 bridgehead atoms. The lowest BCUT2D eigenvalue weighted by molar-refractivity contribution is -0.223. The molecule has 2 saturated heterocycles. The molecule has 5 N–H and O–H groups in total. The van der Waals surface area contributed by atoms with Gasteiger partial charge in [0, 0.05) is 73.0 Å². The van der Waals surface area contributed by atoms with Gasteiger partial charge in [-0.1, -0.05) is 75.4 Å². The van der Waals surface area contributed by atoms with Crippen molar-refractivity contribution in [3.8, 4) is 21.6 Å². The second-order valence-corrected chi connectivity index (χ2v) is 32.8. The van der Waals surface area contributed by atoms with Crippen molar-refractivity contribution >= 4 is 79.1 Å². The molecule has 7 fully saturated rings. The van der Waals surface area contributed by atoms with Crippen LogP contribution in [0, 0.1) is 48.9 Å². The summed E-state index contributed by atoms with van der Waals surface area (Å²) in [6.45, 7) is 21.9. The molecular formula is C74H94N14O6S2. The maximum absolute atomic E-state index is 15.3. The van der Waals surface area contributed by atoms with Gasteiger partial charge in [0.05, 0.1) is 56.8 Å². The van der Waals surface area contributed by atoms with Crippen molar-refractivity contribution in [1.82, 2.24) is 60.7 Å². The highest BCUT2D eigenvalue weighted by Gasteiger charge is 2.62. The quantitative estimate of drug-likeness (QED) is 0.0477. The molecule has 0 radical (unpaired) electrons. The van der Waals surface area contributed by atoms with Crippen LogP contribution in [0.3, 0.4) is 0 Å². The molecule has 8 atom stereocenters. The van der Waals surface area contributed by atoms with Gasteiger partial charge in [0.1, 0.15) is 23.6 Å². The fraction of sp³-hybridized carbons (Fsp3) is 0.568. The third-order valence-corrected chi connectivity index (χ3v) is 24.2. The number of β-amino-alcohol motifs (C(OH)–C–C–N with tert-alkyl or cyclic N) is 1. The number of hydrogen-bond acceptors (Lipinski definition) is 17. The Morgan fingerprint density at radius 2 is 1.66 bits per heavy atom. The normalized spacial score (nSPS) is 26.2. The largest absolute Gasteiger partial charge is 0.391 e. The van der Waals surface area contributed by atoms with Crippen LogP contribution in [-0.2, 0) is 32.1 Å². The first-order valence-corrected chi connectivity index (χ1v) is 36.8. The van der Waals surface area contributed by atoms with Crippen molar-refractivity contribution in [1.29, 1.82) is 0 Å². The summed E-state index contributed by atoms with van der Waals surface area (Å²) in [4.78, 5) is 79.8. The van der Waals surface area contributed by atoms with E-state index >= 15 is 4.79 Å². The van der Waals surface area contributed by atoms with Gasteiger partial charge in [-0.25, -0.2) is 15.0 Å². The molecule has 15 rings (SSSR count). The highest BCUT2D eigenvalue weighted by Crippen LogP contribution is 2.68. The Balaban J connectivity index is 0.662. The average Bonchev–Trinajstić information content (AvgIpc) is 0.732. The third-order valence-electron chi connectivity index (χ3n) is 22.3.